The maximum Gasteiger partial charge on any atom is 0.140 e. The zero-order valence-electron chi connectivity index (χ0n) is 23.0. The Morgan fingerprint density at radius 1 is 0.548 bits per heavy atom. The Morgan fingerprint density at radius 3 is 2.14 bits per heavy atom. The summed E-state index contributed by atoms with van der Waals surface area (Å²) in [5.74, 6) is 0.988. The van der Waals surface area contributed by atoms with Crippen LogP contribution in [0.4, 0.5) is 0 Å². The normalized spacial score (nSPS) is 16.3. The molecule has 1 atom stereocenters. The van der Waals surface area contributed by atoms with E-state index in [0.29, 0.717) is 0 Å². The lowest BCUT2D eigenvalue weighted by molar-refractivity contribution is 0.748. The summed E-state index contributed by atoms with van der Waals surface area (Å²) < 4.78 is 4.72. The van der Waals surface area contributed by atoms with E-state index in [1.165, 1.54) is 60.9 Å². The van der Waals surface area contributed by atoms with E-state index in [1.54, 1.807) is 0 Å². The van der Waals surface area contributed by atoms with Crippen LogP contribution in [0.25, 0.3) is 61.0 Å². The molecule has 3 heteroatoms. The molecule has 1 unspecified atom stereocenters. The van der Waals surface area contributed by atoms with Gasteiger partial charge in [-0.1, -0.05) is 103 Å². The number of imidazole rings is 1. The molecule has 2 aliphatic rings. The fourth-order valence-corrected chi connectivity index (χ4v) is 8.10. The number of fused-ring (bicyclic) bond motifs is 13. The number of hydrogen-bond acceptors (Lipinski definition) is 1. The molecular formula is C39H25N3. The molecule has 10 rings (SSSR count). The summed E-state index contributed by atoms with van der Waals surface area (Å²) in [5.41, 5.74) is 14.6. The van der Waals surface area contributed by atoms with Crippen molar-refractivity contribution in [1.29, 1.82) is 0 Å². The van der Waals surface area contributed by atoms with E-state index in [0.717, 1.165) is 22.4 Å². The number of aromatic nitrogens is 3. The highest BCUT2D eigenvalue weighted by Crippen LogP contribution is 2.61. The number of hydrogen-bond donors (Lipinski definition) is 0. The van der Waals surface area contributed by atoms with Crippen LogP contribution in [-0.4, -0.2) is 14.1 Å². The molecule has 0 N–H and O–H groups in total. The van der Waals surface area contributed by atoms with Crippen molar-refractivity contribution in [2.45, 2.75) is 5.41 Å². The van der Waals surface area contributed by atoms with E-state index >= 15 is 0 Å². The third-order valence-electron chi connectivity index (χ3n) is 9.74. The van der Waals surface area contributed by atoms with Crippen LogP contribution < -0.4 is 0 Å². The van der Waals surface area contributed by atoms with Crippen LogP contribution >= 0.6 is 0 Å². The second-order valence-corrected chi connectivity index (χ2v) is 11.6. The lowest BCUT2D eigenvalue weighted by Crippen LogP contribution is -2.33. The van der Waals surface area contributed by atoms with Gasteiger partial charge >= 0.3 is 0 Å². The number of benzene rings is 6. The van der Waals surface area contributed by atoms with Gasteiger partial charge in [0.05, 0.1) is 33.2 Å². The van der Waals surface area contributed by atoms with Crippen LogP contribution in [0.5, 0.6) is 0 Å². The number of rotatable bonds is 1. The van der Waals surface area contributed by atoms with Gasteiger partial charge < -0.3 is 9.13 Å². The molecule has 6 aromatic carbocycles. The molecule has 0 saturated carbocycles. The van der Waals surface area contributed by atoms with Crippen LogP contribution in [0.2, 0.25) is 0 Å². The summed E-state index contributed by atoms with van der Waals surface area (Å²) in [6.45, 7) is 0. The van der Waals surface area contributed by atoms with Crippen molar-refractivity contribution in [3.05, 3.63) is 156 Å². The van der Waals surface area contributed by atoms with Gasteiger partial charge in [-0.3, -0.25) is 0 Å². The summed E-state index contributed by atoms with van der Waals surface area (Å²) in [6.07, 6.45) is 0. The van der Waals surface area contributed by atoms with Crippen molar-refractivity contribution in [3.63, 3.8) is 0 Å². The van der Waals surface area contributed by atoms with Crippen molar-refractivity contribution >= 4 is 32.8 Å². The predicted molar refractivity (Wildman–Crippen MR) is 171 cm³/mol. The predicted octanol–water partition coefficient (Wildman–Crippen LogP) is 9.01. The minimum atomic E-state index is -0.451. The Balaban J connectivity index is 1.39. The number of aryl methyl sites for hydroxylation is 1. The molecule has 0 radical (unpaired) electrons. The first kappa shape index (κ1) is 22.3. The summed E-state index contributed by atoms with van der Waals surface area (Å²) in [6, 6.07) is 49.2. The van der Waals surface area contributed by atoms with Gasteiger partial charge in [-0.25, -0.2) is 4.98 Å². The zero-order chi connectivity index (χ0) is 27.6. The molecule has 8 aromatic rings. The molecule has 0 fully saturated rings. The SMILES string of the molecule is Cn1c(-c2ccc3c(c2)C2(c4ccccc4-3)c3ccccc3-n3c4ccccc4c4cccc2c43)nc2ccccc21. The molecule has 2 aromatic heterocycles. The monoisotopic (exact) mass is 535 g/mol. The van der Waals surface area contributed by atoms with Crippen molar-refractivity contribution in [3.8, 4) is 28.2 Å². The van der Waals surface area contributed by atoms with Crippen molar-refractivity contribution in [2.24, 2.45) is 7.05 Å². The first-order chi connectivity index (χ1) is 20.8. The third kappa shape index (κ3) is 2.47. The number of para-hydroxylation sites is 5. The van der Waals surface area contributed by atoms with E-state index in [2.05, 4.69) is 150 Å². The van der Waals surface area contributed by atoms with E-state index in [-0.39, 0.29) is 0 Å². The Labute approximate surface area is 242 Å². The molecule has 1 aliphatic heterocycles. The molecule has 1 spiro atoms. The molecular weight excluding hydrogens is 510 g/mol. The van der Waals surface area contributed by atoms with Crippen LogP contribution in [0.15, 0.2) is 133 Å². The lowest BCUT2D eigenvalue weighted by atomic mass is 9.65. The van der Waals surface area contributed by atoms with Gasteiger partial charge in [0.2, 0.25) is 0 Å². The van der Waals surface area contributed by atoms with Gasteiger partial charge in [-0.2, -0.15) is 0 Å². The van der Waals surface area contributed by atoms with Crippen LogP contribution in [-0.2, 0) is 12.5 Å². The molecule has 3 heterocycles. The smallest absolute Gasteiger partial charge is 0.140 e. The quantitative estimate of drug-likeness (QED) is 0.206. The highest BCUT2D eigenvalue weighted by atomic mass is 15.1. The van der Waals surface area contributed by atoms with Crippen LogP contribution in [0, 0.1) is 0 Å². The number of nitrogens with zero attached hydrogens (tertiary/aromatic N) is 3. The second kappa shape index (κ2) is 7.65. The molecule has 0 amide bonds. The first-order valence-electron chi connectivity index (χ1n) is 14.6. The zero-order valence-corrected chi connectivity index (χ0v) is 23.0. The maximum atomic E-state index is 5.10. The summed E-state index contributed by atoms with van der Waals surface area (Å²) in [4.78, 5) is 5.10. The minimum absolute atomic E-state index is 0.451. The Hall–Kier alpha value is -5.41. The largest absolute Gasteiger partial charge is 0.327 e. The highest BCUT2D eigenvalue weighted by Gasteiger charge is 2.50. The topological polar surface area (TPSA) is 22.8 Å². The van der Waals surface area contributed by atoms with Gasteiger partial charge in [0.15, 0.2) is 0 Å². The van der Waals surface area contributed by atoms with Crippen LogP contribution in [0.1, 0.15) is 22.3 Å². The van der Waals surface area contributed by atoms with Crippen molar-refractivity contribution in [2.75, 3.05) is 0 Å². The second-order valence-electron chi connectivity index (χ2n) is 11.6. The summed E-state index contributed by atoms with van der Waals surface area (Å²) >= 11 is 0. The molecule has 42 heavy (non-hydrogen) atoms. The maximum absolute atomic E-state index is 5.10. The van der Waals surface area contributed by atoms with Gasteiger partial charge in [-0.05, 0) is 63.7 Å². The lowest BCUT2D eigenvalue weighted by Gasteiger charge is -2.39. The van der Waals surface area contributed by atoms with Gasteiger partial charge in [0.1, 0.15) is 5.82 Å². The van der Waals surface area contributed by atoms with E-state index in [1.807, 2.05) is 0 Å². The van der Waals surface area contributed by atoms with Crippen molar-refractivity contribution < 1.29 is 0 Å². The fraction of sp³-hybridized carbons (Fsp3) is 0.0513. The van der Waals surface area contributed by atoms with Gasteiger partial charge in [-0.15, -0.1) is 0 Å². The van der Waals surface area contributed by atoms with Gasteiger partial charge in [0, 0.05) is 23.4 Å². The average molecular weight is 536 g/mol. The highest BCUT2D eigenvalue weighted by molar-refractivity contribution is 6.12. The minimum Gasteiger partial charge on any atom is -0.327 e. The van der Waals surface area contributed by atoms with Gasteiger partial charge in [0.25, 0.3) is 0 Å². The standard InChI is InChI=1S/C39H25N3/c1-41-36-20-9-6-17-33(36)40-38(41)24-21-22-26-25-11-2-4-14-29(25)39(32(26)23-24)30-15-5-8-19-35(30)42-34-18-7-3-12-27(34)28-13-10-16-31(39)37(28)42/h2-23H,1H3. The molecule has 1 aliphatic carbocycles. The van der Waals surface area contributed by atoms with Crippen LogP contribution in [0.3, 0.4) is 0 Å². The van der Waals surface area contributed by atoms with E-state index in [9.17, 15) is 0 Å². The fourth-order valence-electron chi connectivity index (χ4n) is 8.10. The molecule has 0 saturated heterocycles. The Kier molecular flexibility index (Phi) is 4.06. The summed E-state index contributed by atoms with van der Waals surface area (Å²) in [7, 11) is 2.12. The Bertz CT molecular complexity index is 2440. The summed E-state index contributed by atoms with van der Waals surface area (Å²) in [5, 5.41) is 2.59. The molecule has 3 nitrogen and oxygen atoms in total. The van der Waals surface area contributed by atoms with E-state index < -0.39 is 5.41 Å². The average Bonchev–Trinajstić information content (AvgIpc) is 3.67. The first-order valence-corrected chi connectivity index (χ1v) is 14.6. The molecule has 0 bridgehead atoms. The van der Waals surface area contributed by atoms with Crippen molar-refractivity contribution in [1.82, 2.24) is 14.1 Å². The van der Waals surface area contributed by atoms with E-state index in [4.69, 9.17) is 4.98 Å². The third-order valence-corrected chi connectivity index (χ3v) is 9.74. The molecule has 196 valence electrons. The Morgan fingerprint density at radius 2 is 1.24 bits per heavy atom.